The standard InChI is InChI=1S/C9H15FN4O2S/c1-6(5-17(3,15)16)13-8-7(10)4-12-9(11-2)14-8/h4,6H,5H2,1-3H3,(H2,11,12,13,14). The second kappa shape index (κ2) is 5.26. The Balaban J connectivity index is 2.80. The molecule has 0 spiro atoms. The summed E-state index contributed by atoms with van der Waals surface area (Å²) >= 11 is 0. The molecule has 0 aromatic carbocycles. The summed E-state index contributed by atoms with van der Waals surface area (Å²) in [6.45, 7) is 1.64. The van der Waals surface area contributed by atoms with Gasteiger partial charge in [0.1, 0.15) is 9.84 Å². The zero-order valence-corrected chi connectivity index (χ0v) is 10.7. The van der Waals surface area contributed by atoms with E-state index in [0.29, 0.717) is 0 Å². The number of hydrogen-bond acceptors (Lipinski definition) is 6. The summed E-state index contributed by atoms with van der Waals surface area (Å²) in [5, 5.41) is 5.37. The minimum absolute atomic E-state index is 0.0134. The molecule has 0 aliphatic heterocycles. The summed E-state index contributed by atoms with van der Waals surface area (Å²) in [6, 6.07) is -0.431. The van der Waals surface area contributed by atoms with Gasteiger partial charge in [-0.15, -0.1) is 0 Å². The van der Waals surface area contributed by atoms with Crippen LogP contribution < -0.4 is 10.6 Å². The zero-order valence-electron chi connectivity index (χ0n) is 9.86. The third-order valence-corrected chi connectivity index (χ3v) is 3.01. The number of halogens is 1. The third-order valence-electron chi connectivity index (χ3n) is 1.90. The Morgan fingerprint density at radius 2 is 2.18 bits per heavy atom. The van der Waals surface area contributed by atoms with Crippen molar-refractivity contribution in [2.45, 2.75) is 13.0 Å². The van der Waals surface area contributed by atoms with Gasteiger partial charge >= 0.3 is 0 Å². The molecule has 1 aromatic heterocycles. The molecule has 0 fully saturated rings. The molecule has 96 valence electrons. The molecule has 0 aliphatic rings. The molecular weight excluding hydrogens is 247 g/mol. The molecule has 1 unspecified atom stereocenters. The van der Waals surface area contributed by atoms with Crippen LogP contribution in [-0.2, 0) is 9.84 Å². The Morgan fingerprint density at radius 1 is 1.53 bits per heavy atom. The van der Waals surface area contributed by atoms with Crippen LogP contribution in [0.5, 0.6) is 0 Å². The highest BCUT2D eigenvalue weighted by atomic mass is 32.2. The van der Waals surface area contributed by atoms with Gasteiger partial charge in [0.2, 0.25) is 5.95 Å². The first-order chi connectivity index (χ1) is 7.81. The molecular formula is C9H15FN4O2S. The van der Waals surface area contributed by atoms with Gasteiger partial charge in [0.15, 0.2) is 11.6 Å². The minimum atomic E-state index is -3.12. The smallest absolute Gasteiger partial charge is 0.224 e. The number of aromatic nitrogens is 2. The number of anilines is 2. The summed E-state index contributed by atoms with van der Waals surface area (Å²) in [5.74, 6) is -0.462. The maximum Gasteiger partial charge on any atom is 0.224 e. The largest absolute Gasteiger partial charge is 0.364 e. The van der Waals surface area contributed by atoms with Crippen molar-refractivity contribution in [3.63, 3.8) is 0 Å². The quantitative estimate of drug-likeness (QED) is 0.804. The molecule has 0 aliphatic carbocycles. The highest BCUT2D eigenvalue weighted by Crippen LogP contribution is 2.13. The molecule has 0 bridgehead atoms. The number of nitrogens with zero attached hydrogens (tertiary/aromatic N) is 2. The lowest BCUT2D eigenvalue weighted by Crippen LogP contribution is -2.26. The molecule has 0 saturated heterocycles. The normalized spacial score (nSPS) is 13.2. The molecule has 1 rings (SSSR count). The van der Waals surface area contributed by atoms with E-state index in [1.54, 1.807) is 14.0 Å². The predicted octanol–water partition coefficient (Wildman–Crippen LogP) is 0.502. The van der Waals surface area contributed by atoms with Crippen molar-refractivity contribution in [2.75, 3.05) is 29.7 Å². The van der Waals surface area contributed by atoms with Crippen molar-refractivity contribution in [1.82, 2.24) is 9.97 Å². The first kappa shape index (κ1) is 13.6. The van der Waals surface area contributed by atoms with Crippen LogP contribution in [0.15, 0.2) is 6.20 Å². The van der Waals surface area contributed by atoms with E-state index in [1.807, 2.05) is 0 Å². The van der Waals surface area contributed by atoms with Crippen molar-refractivity contribution in [1.29, 1.82) is 0 Å². The number of rotatable bonds is 5. The Morgan fingerprint density at radius 3 is 2.71 bits per heavy atom. The van der Waals surface area contributed by atoms with Gasteiger partial charge in [-0.3, -0.25) is 0 Å². The fourth-order valence-corrected chi connectivity index (χ4v) is 2.31. The molecule has 0 radical (unpaired) electrons. The van der Waals surface area contributed by atoms with E-state index in [-0.39, 0.29) is 17.5 Å². The van der Waals surface area contributed by atoms with Crippen LogP contribution in [0.1, 0.15) is 6.92 Å². The average molecular weight is 262 g/mol. The molecule has 8 heteroatoms. The lowest BCUT2D eigenvalue weighted by Gasteiger charge is -2.14. The van der Waals surface area contributed by atoms with Crippen LogP contribution >= 0.6 is 0 Å². The van der Waals surface area contributed by atoms with E-state index in [0.717, 1.165) is 12.5 Å². The maximum atomic E-state index is 13.3. The molecule has 17 heavy (non-hydrogen) atoms. The Hall–Kier alpha value is -1.44. The minimum Gasteiger partial charge on any atom is -0.364 e. The van der Waals surface area contributed by atoms with Crippen LogP contribution in [0.25, 0.3) is 0 Å². The van der Waals surface area contributed by atoms with Crippen molar-refractivity contribution < 1.29 is 12.8 Å². The molecule has 2 N–H and O–H groups in total. The van der Waals surface area contributed by atoms with Gasteiger partial charge in [-0.05, 0) is 6.92 Å². The predicted molar refractivity (Wildman–Crippen MR) is 64.3 cm³/mol. The fourth-order valence-electron chi connectivity index (χ4n) is 1.32. The van der Waals surface area contributed by atoms with Gasteiger partial charge in [0.25, 0.3) is 0 Å². The number of sulfone groups is 1. The van der Waals surface area contributed by atoms with Crippen molar-refractivity contribution in [3.05, 3.63) is 12.0 Å². The summed E-state index contributed by atoms with van der Waals surface area (Å²) < 4.78 is 35.5. The molecule has 6 nitrogen and oxygen atoms in total. The van der Waals surface area contributed by atoms with Gasteiger partial charge in [-0.25, -0.2) is 17.8 Å². The molecule has 0 saturated carbocycles. The summed E-state index contributed by atoms with van der Waals surface area (Å²) in [7, 11) is -1.51. The van der Waals surface area contributed by atoms with E-state index in [2.05, 4.69) is 20.6 Å². The summed E-state index contributed by atoms with van der Waals surface area (Å²) in [5.41, 5.74) is 0. The number of hydrogen-bond donors (Lipinski definition) is 2. The van der Waals surface area contributed by atoms with Gasteiger partial charge < -0.3 is 10.6 Å². The van der Waals surface area contributed by atoms with E-state index in [9.17, 15) is 12.8 Å². The Labute approximate surface area is 99.6 Å². The molecule has 1 aromatic rings. The monoisotopic (exact) mass is 262 g/mol. The summed E-state index contributed by atoms with van der Waals surface area (Å²) in [6.07, 6.45) is 2.15. The van der Waals surface area contributed by atoms with Crippen LogP contribution in [0, 0.1) is 5.82 Å². The number of nitrogens with one attached hydrogen (secondary N) is 2. The van der Waals surface area contributed by atoms with E-state index < -0.39 is 21.7 Å². The van der Waals surface area contributed by atoms with Gasteiger partial charge in [-0.2, -0.15) is 4.98 Å². The SMILES string of the molecule is CNc1ncc(F)c(NC(C)CS(C)(=O)=O)n1. The van der Waals surface area contributed by atoms with Crippen LogP contribution in [0.4, 0.5) is 16.2 Å². The second-order valence-corrected chi connectivity index (χ2v) is 5.96. The topological polar surface area (TPSA) is 84.0 Å². The van der Waals surface area contributed by atoms with E-state index in [4.69, 9.17) is 0 Å². The lowest BCUT2D eigenvalue weighted by atomic mass is 10.4. The highest BCUT2D eigenvalue weighted by molar-refractivity contribution is 7.90. The zero-order chi connectivity index (χ0) is 13.1. The van der Waals surface area contributed by atoms with E-state index in [1.165, 1.54) is 0 Å². The van der Waals surface area contributed by atoms with Crippen LogP contribution in [0.3, 0.4) is 0 Å². The first-order valence-electron chi connectivity index (χ1n) is 4.96. The van der Waals surface area contributed by atoms with Crippen LogP contribution in [-0.4, -0.2) is 43.5 Å². The molecule has 0 amide bonds. The maximum absolute atomic E-state index is 13.3. The highest BCUT2D eigenvalue weighted by Gasteiger charge is 2.13. The van der Waals surface area contributed by atoms with Gasteiger partial charge in [0.05, 0.1) is 11.9 Å². The van der Waals surface area contributed by atoms with Crippen molar-refractivity contribution in [2.24, 2.45) is 0 Å². The van der Waals surface area contributed by atoms with Crippen molar-refractivity contribution >= 4 is 21.6 Å². The average Bonchev–Trinajstić information content (AvgIpc) is 2.18. The summed E-state index contributed by atoms with van der Waals surface area (Å²) in [4.78, 5) is 7.54. The van der Waals surface area contributed by atoms with E-state index >= 15 is 0 Å². The Bertz CT molecular complexity index is 492. The van der Waals surface area contributed by atoms with Crippen LogP contribution in [0.2, 0.25) is 0 Å². The molecule has 1 atom stereocenters. The fraction of sp³-hybridized carbons (Fsp3) is 0.556. The van der Waals surface area contributed by atoms with Gasteiger partial charge in [-0.1, -0.05) is 0 Å². The molecule has 1 heterocycles. The third kappa shape index (κ3) is 4.51. The Kier molecular flexibility index (Phi) is 4.22. The van der Waals surface area contributed by atoms with Gasteiger partial charge in [0, 0.05) is 19.3 Å². The first-order valence-corrected chi connectivity index (χ1v) is 7.02. The van der Waals surface area contributed by atoms with Crippen molar-refractivity contribution in [3.8, 4) is 0 Å². The lowest BCUT2D eigenvalue weighted by molar-refractivity contribution is 0.595. The second-order valence-electron chi connectivity index (χ2n) is 3.78.